The van der Waals surface area contributed by atoms with Gasteiger partial charge < -0.3 is 0 Å². The van der Waals surface area contributed by atoms with E-state index in [-0.39, 0.29) is 4.90 Å². The lowest BCUT2D eigenvalue weighted by atomic mass is 10.1. The molecule has 4 rings (SSSR count). The van der Waals surface area contributed by atoms with Crippen molar-refractivity contribution < 1.29 is 13.2 Å². The Labute approximate surface area is 204 Å². The van der Waals surface area contributed by atoms with E-state index in [2.05, 4.69) is 15.2 Å². The largest absolute Gasteiger partial charge is 0.272 e. The predicted molar refractivity (Wildman–Crippen MR) is 136 cm³/mol. The van der Waals surface area contributed by atoms with Crippen LogP contribution in [0.5, 0.6) is 0 Å². The third kappa shape index (κ3) is 6.08. The quantitative estimate of drug-likeness (QED) is 0.293. The molecule has 0 unspecified atom stereocenters. The molecule has 2 N–H and O–H groups in total. The molecule has 0 spiro atoms. The van der Waals surface area contributed by atoms with Crippen molar-refractivity contribution in [3.05, 3.63) is 102 Å². The third-order valence-electron chi connectivity index (χ3n) is 5.20. The van der Waals surface area contributed by atoms with Crippen LogP contribution in [-0.4, -0.2) is 36.9 Å². The van der Waals surface area contributed by atoms with E-state index in [1.54, 1.807) is 16.8 Å². The molecule has 0 atom stereocenters. The monoisotopic (exact) mass is 487 g/mol. The van der Waals surface area contributed by atoms with Gasteiger partial charge in [0.05, 0.1) is 23.3 Å². The number of aromatic nitrogens is 2. The Kier molecular flexibility index (Phi) is 7.19. The Balaban J connectivity index is 1.48. The summed E-state index contributed by atoms with van der Waals surface area (Å²) in [6.45, 7) is 3.42. The van der Waals surface area contributed by atoms with E-state index in [9.17, 15) is 13.2 Å². The Hall–Kier alpha value is -4.08. The molecule has 1 aromatic heterocycles. The maximum atomic E-state index is 12.4. The van der Waals surface area contributed by atoms with Gasteiger partial charge in [0, 0.05) is 17.3 Å². The highest BCUT2D eigenvalue weighted by Gasteiger charge is 2.15. The Morgan fingerprint density at radius 2 is 1.71 bits per heavy atom. The minimum atomic E-state index is -3.80. The van der Waals surface area contributed by atoms with E-state index in [1.165, 1.54) is 18.3 Å². The highest BCUT2D eigenvalue weighted by Crippen LogP contribution is 2.23. The number of aryl methyl sites for hydroxylation is 2. The molecule has 0 fully saturated rings. The molecule has 0 aliphatic rings. The zero-order chi connectivity index (χ0) is 24.8. The summed E-state index contributed by atoms with van der Waals surface area (Å²) in [5.41, 5.74) is 7.60. The first-order valence-electron chi connectivity index (χ1n) is 10.9. The molecule has 8 nitrogen and oxygen atoms in total. The molecule has 4 aromatic rings. The molecule has 0 bridgehead atoms. The van der Waals surface area contributed by atoms with Crippen LogP contribution in [0.1, 0.15) is 16.7 Å². The van der Waals surface area contributed by atoms with Crippen molar-refractivity contribution in [3.8, 4) is 16.9 Å². The van der Waals surface area contributed by atoms with Crippen LogP contribution < -0.4 is 10.1 Å². The number of nitrogens with one attached hydrogen (secondary N) is 2. The van der Waals surface area contributed by atoms with Gasteiger partial charge in [0.1, 0.15) is 5.69 Å². The number of nitrogens with zero attached hydrogens (tertiary/aromatic N) is 3. The molecule has 0 saturated heterocycles. The SMILES string of the molecule is Cc1ccc(S(=O)(=O)NCC(=O)N/N=C/c2cn(-c3ccccc3)nc2-c2cccc(C)c2)cc1. The summed E-state index contributed by atoms with van der Waals surface area (Å²) < 4.78 is 28.8. The van der Waals surface area contributed by atoms with Crippen molar-refractivity contribution in [3.63, 3.8) is 0 Å². The van der Waals surface area contributed by atoms with Crippen molar-refractivity contribution in [2.24, 2.45) is 5.10 Å². The van der Waals surface area contributed by atoms with Crippen LogP contribution in [0.15, 0.2) is 95.1 Å². The fraction of sp³-hybridized carbons (Fsp3) is 0.115. The Morgan fingerprint density at radius 3 is 2.43 bits per heavy atom. The standard InChI is InChI=1S/C26H25N5O3S/c1-19-11-13-24(14-12-19)35(33,34)28-17-25(32)29-27-16-22-18-31(23-9-4-3-5-10-23)30-26(22)21-8-6-7-20(2)15-21/h3-16,18,28H,17H2,1-2H3,(H,29,32)/b27-16+. The minimum Gasteiger partial charge on any atom is -0.272 e. The Morgan fingerprint density at radius 1 is 0.971 bits per heavy atom. The van der Waals surface area contributed by atoms with Crippen LogP contribution in [0.2, 0.25) is 0 Å². The maximum Gasteiger partial charge on any atom is 0.255 e. The third-order valence-corrected chi connectivity index (χ3v) is 6.62. The molecule has 178 valence electrons. The lowest BCUT2D eigenvalue weighted by Crippen LogP contribution is -2.34. The summed E-state index contributed by atoms with van der Waals surface area (Å²) >= 11 is 0. The normalized spacial score (nSPS) is 11.6. The van der Waals surface area contributed by atoms with Gasteiger partial charge >= 0.3 is 0 Å². The second-order valence-electron chi connectivity index (χ2n) is 8.01. The van der Waals surface area contributed by atoms with Gasteiger partial charge in [-0.15, -0.1) is 0 Å². The topological polar surface area (TPSA) is 105 Å². The molecule has 1 heterocycles. The van der Waals surface area contributed by atoms with Gasteiger partial charge in [-0.2, -0.15) is 10.2 Å². The molecule has 0 radical (unpaired) electrons. The van der Waals surface area contributed by atoms with E-state index >= 15 is 0 Å². The van der Waals surface area contributed by atoms with Crippen LogP contribution in [0.4, 0.5) is 0 Å². The lowest BCUT2D eigenvalue weighted by molar-refractivity contribution is -0.119. The summed E-state index contributed by atoms with van der Waals surface area (Å²) in [5, 5.41) is 8.75. The van der Waals surface area contributed by atoms with E-state index in [0.29, 0.717) is 11.3 Å². The molecule has 1 amide bonds. The summed E-state index contributed by atoms with van der Waals surface area (Å²) in [4.78, 5) is 12.3. The van der Waals surface area contributed by atoms with Crippen molar-refractivity contribution in [1.29, 1.82) is 0 Å². The zero-order valence-corrected chi connectivity index (χ0v) is 20.2. The van der Waals surface area contributed by atoms with Crippen LogP contribution in [0.3, 0.4) is 0 Å². The molecule has 3 aromatic carbocycles. The number of hydrogen-bond donors (Lipinski definition) is 2. The molecular formula is C26H25N5O3S. The molecule has 0 aliphatic heterocycles. The fourth-order valence-corrected chi connectivity index (χ4v) is 4.37. The van der Waals surface area contributed by atoms with Gasteiger partial charge in [-0.3, -0.25) is 4.79 Å². The van der Waals surface area contributed by atoms with E-state index < -0.39 is 22.5 Å². The van der Waals surface area contributed by atoms with Gasteiger partial charge in [0.15, 0.2) is 0 Å². The summed E-state index contributed by atoms with van der Waals surface area (Å²) in [7, 11) is -3.80. The smallest absolute Gasteiger partial charge is 0.255 e. The van der Waals surface area contributed by atoms with Gasteiger partial charge in [0.25, 0.3) is 5.91 Å². The first kappa shape index (κ1) is 24.1. The number of carbonyl (C=O) groups excluding carboxylic acids is 1. The maximum absolute atomic E-state index is 12.4. The summed E-state index contributed by atoms with van der Waals surface area (Å²) in [6, 6.07) is 24.0. The van der Waals surface area contributed by atoms with Crippen LogP contribution in [-0.2, 0) is 14.8 Å². The second-order valence-corrected chi connectivity index (χ2v) is 9.78. The zero-order valence-electron chi connectivity index (χ0n) is 19.3. The molecule has 0 aliphatic carbocycles. The second kappa shape index (κ2) is 10.5. The predicted octanol–water partition coefficient (Wildman–Crippen LogP) is 3.58. The van der Waals surface area contributed by atoms with Crippen molar-refractivity contribution in [1.82, 2.24) is 19.9 Å². The number of hydrazone groups is 1. The van der Waals surface area contributed by atoms with Crippen molar-refractivity contribution >= 4 is 22.1 Å². The van der Waals surface area contributed by atoms with Crippen molar-refractivity contribution in [2.75, 3.05) is 6.54 Å². The summed E-state index contributed by atoms with van der Waals surface area (Å²) in [5.74, 6) is -0.593. The number of amides is 1. The first-order valence-corrected chi connectivity index (χ1v) is 12.4. The van der Waals surface area contributed by atoms with Gasteiger partial charge in [-0.05, 0) is 44.2 Å². The van der Waals surface area contributed by atoms with Gasteiger partial charge in [-0.1, -0.05) is 59.7 Å². The average Bonchev–Trinajstić information content (AvgIpc) is 3.28. The minimum absolute atomic E-state index is 0.0931. The lowest BCUT2D eigenvalue weighted by Gasteiger charge is -2.06. The number of carbonyl (C=O) groups is 1. The molecule has 0 saturated carbocycles. The number of para-hydroxylation sites is 1. The summed E-state index contributed by atoms with van der Waals surface area (Å²) in [6.07, 6.45) is 3.32. The van der Waals surface area contributed by atoms with Crippen molar-refractivity contribution in [2.45, 2.75) is 18.7 Å². The van der Waals surface area contributed by atoms with Crippen LogP contribution >= 0.6 is 0 Å². The first-order chi connectivity index (χ1) is 16.8. The molecular weight excluding hydrogens is 462 g/mol. The number of rotatable bonds is 8. The van der Waals surface area contributed by atoms with Crippen LogP contribution in [0.25, 0.3) is 16.9 Å². The number of hydrogen-bond acceptors (Lipinski definition) is 5. The highest BCUT2D eigenvalue weighted by molar-refractivity contribution is 7.89. The highest BCUT2D eigenvalue weighted by atomic mass is 32.2. The van der Waals surface area contributed by atoms with Crippen LogP contribution in [0, 0.1) is 13.8 Å². The van der Waals surface area contributed by atoms with Gasteiger partial charge in [0.2, 0.25) is 10.0 Å². The van der Waals surface area contributed by atoms with E-state index in [0.717, 1.165) is 22.4 Å². The van der Waals surface area contributed by atoms with E-state index in [1.807, 2.05) is 74.6 Å². The fourth-order valence-electron chi connectivity index (χ4n) is 3.39. The average molecular weight is 488 g/mol. The number of sulfonamides is 1. The van der Waals surface area contributed by atoms with E-state index in [4.69, 9.17) is 5.10 Å². The number of benzene rings is 3. The molecule has 9 heteroatoms. The molecule has 35 heavy (non-hydrogen) atoms. The Bertz CT molecular complexity index is 1460. The van der Waals surface area contributed by atoms with Gasteiger partial charge in [-0.25, -0.2) is 23.2 Å².